The molecule has 0 spiro atoms. The van der Waals surface area contributed by atoms with Gasteiger partial charge in [0.15, 0.2) is 6.29 Å². The highest BCUT2D eigenvalue weighted by Gasteiger charge is 2.05. The molecule has 60 valence electrons. The maximum Gasteiger partial charge on any atom is 0.308 e. The van der Waals surface area contributed by atoms with Crippen LogP contribution in [0.25, 0.3) is 0 Å². The van der Waals surface area contributed by atoms with E-state index < -0.39 is 6.29 Å². The molecule has 0 saturated carbocycles. The molecule has 0 amide bonds. The maximum absolute atomic E-state index is 10.7. The van der Waals surface area contributed by atoms with Crippen LogP contribution in [0, 0.1) is 0 Å². The van der Waals surface area contributed by atoms with E-state index in [-0.39, 0.29) is 5.97 Å². The summed E-state index contributed by atoms with van der Waals surface area (Å²) in [5.74, 6) is -0.197. The van der Waals surface area contributed by atoms with Crippen LogP contribution in [0.3, 0.4) is 0 Å². The number of carbonyl (C=O) groups excluding carboxylic acids is 1. The Balaban J connectivity index is 3.37. The monoisotopic (exact) mass is 146 g/mol. The minimum absolute atomic E-state index is 0.197. The number of esters is 1. The average molecular weight is 146 g/mol. The van der Waals surface area contributed by atoms with E-state index in [0.717, 1.165) is 6.42 Å². The van der Waals surface area contributed by atoms with Gasteiger partial charge in [-0.2, -0.15) is 0 Å². The first-order chi connectivity index (χ1) is 4.70. The fourth-order valence-corrected chi connectivity index (χ4v) is 0.496. The fraction of sp³-hybridized carbons (Fsp3) is 0.857. The smallest absolute Gasteiger partial charge is 0.308 e. The van der Waals surface area contributed by atoms with Gasteiger partial charge in [0, 0.05) is 13.5 Å². The molecule has 10 heavy (non-hydrogen) atoms. The van der Waals surface area contributed by atoms with E-state index in [0.29, 0.717) is 6.42 Å². The molecule has 1 unspecified atom stereocenters. The molecular formula is C7H14O3. The fourth-order valence-electron chi connectivity index (χ4n) is 0.496. The molecule has 0 heterocycles. The summed E-state index contributed by atoms with van der Waals surface area (Å²) >= 11 is 0. The van der Waals surface area contributed by atoms with Crippen molar-refractivity contribution in [2.75, 3.05) is 7.11 Å². The van der Waals surface area contributed by atoms with E-state index in [1.165, 1.54) is 7.11 Å². The van der Waals surface area contributed by atoms with Crippen molar-refractivity contribution in [1.29, 1.82) is 0 Å². The second-order valence-corrected chi connectivity index (χ2v) is 2.04. The first-order valence-corrected chi connectivity index (χ1v) is 3.43. The van der Waals surface area contributed by atoms with Crippen LogP contribution in [-0.2, 0) is 14.3 Å². The average Bonchev–Trinajstić information content (AvgIpc) is 1.88. The largest absolute Gasteiger partial charge is 0.436 e. The van der Waals surface area contributed by atoms with Gasteiger partial charge in [-0.05, 0) is 13.3 Å². The molecule has 3 nitrogen and oxygen atoms in total. The maximum atomic E-state index is 10.7. The number of hydrogen-bond donors (Lipinski definition) is 0. The van der Waals surface area contributed by atoms with Gasteiger partial charge in [-0.3, -0.25) is 4.79 Å². The topological polar surface area (TPSA) is 35.5 Å². The highest BCUT2D eigenvalue weighted by molar-refractivity contribution is 5.69. The minimum atomic E-state index is -0.418. The Morgan fingerprint density at radius 3 is 2.60 bits per heavy atom. The minimum Gasteiger partial charge on any atom is -0.436 e. The van der Waals surface area contributed by atoms with Gasteiger partial charge in [0.25, 0.3) is 0 Å². The van der Waals surface area contributed by atoms with E-state index >= 15 is 0 Å². The lowest BCUT2D eigenvalue weighted by Gasteiger charge is -2.09. The highest BCUT2D eigenvalue weighted by Crippen LogP contribution is 1.96. The normalized spacial score (nSPS) is 12.7. The van der Waals surface area contributed by atoms with Crippen LogP contribution in [0.15, 0.2) is 0 Å². The molecule has 0 aromatic carbocycles. The molecule has 0 aromatic heterocycles. The number of carbonyl (C=O) groups is 1. The molecule has 0 bridgehead atoms. The zero-order chi connectivity index (χ0) is 7.98. The zero-order valence-electron chi connectivity index (χ0n) is 6.72. The van der Waals surface area contributed by atoms with Gasteiger partial charge in [0.1, 0.15) is 0 Å². The standard InChI is InChI=1S/C7H14O3/c1-4-5-7(8)10-6(2)9-3/h6H,4-5H2,1-3H3. The van der Waals surface area contributed by atoms with Gasteiger partial charge in [0.05, 0.1) is 0 Å². The lowest BCUT2D eigenvalue weighted by atomic mass is 10.3. The Hall–Kier alpha value is -0.570. The molecule has 1 atom stereocenters. The van der Waals surface area contributed by atoms with E-state index in [1.54, 1.807) is 6.92 Å². The summed E-state index contributed by atoms with van der Waals surface area (Å²) in [5.41, 5.74) is 0. The van der Waals surface area contributed by atoms with E-state index in [1.807, 2.05) is 6.92 Å². The van der Waals surface area contributed by atoms with Crippen LogP contribution in [0.2, 0.25) is 0 Å². The third-order valence-electron chi connectivity index (χ3n) is 1.08. The molecule has 3 heteroatoms. The summed E-state index contributed by atoms with van der Waals surface area (Å²) in [6.07, 6.45) is 0.863. The summed E-state index contributed by atoms with van der Waals surface area (Å²) in [6, 6.07) is 0. The SMILES string of the molecule is CCCC(=O)OC(C)OC. The van der Waals surface area contributed by atoms with Gasteiger partial charge in [0.2, 0.25) is 0 Å². The van der Waals surface area contributed by atoms with Crippen LogP contribution >= 0.6 is 0 Å². The molecule has 0 N–H and O–H groups in total. The first kappa shape index (κ1) is 9.43. The van der Waals surface area contributed by atoms with Crippen molar-refractivity contribution in [1.82, 2.24) is 0 Å². The molecule has 0 aliphatic carbocycles. The van der Waals surface area contributed by atoms with Crippen molar-refractivity contribution >= 4 is 5.97 Å². The number of ether oxygens (including phenoxy) is 2. The molecule has 0 aromatic rings. The summed E-state index contributed by atoms with van der Waals surface area (Å²) in [6.45, 7) is 3.62. The lowest BCUT2D eigenvalue weighted by molar-refractivity contribution is -0.169. The molecule has 0 aliphatic rings. The van der Waals surface area contributed by atoms with Crippen LogP contribution in [0.4, 0.5) is 0 Å². The second kappa shape index (κ2) is 5.23. The number of hydrogen-bond acceptors (Lipinski definition) is 3. The predicted molar refractivity (Wildman–Crippen MR) is 37.5 cm³/mol. The molecular weight excluding hydrogens is 132 g/mol. The molecule has 0 radical (unpaired) electrons. The Morgan fingerprint density at radius 1 is 1.60 bits per heavy atom. The molecule has 0 saturated heterocycles. The van der Waals surface area contributed by atoms with Crippen molar-refractivity contribution in [3.8, 4) is 0 Å². The van der Waals surface area contributed by atoms with Gasteiger partial charge in [-0.25, -0.2) is 0 Å². The van der Waals surface area contributed by atoms with Crippen LogP contribution in [0.5, 0.6) is 0 Å². The lowest BCUT2D eigenvalue weighted by Crippen LogP contribution is -2.15. The van der Waals surface area contributed by atoms with E-state index in [2.05, 4.69) is 0 Å². The van der Waals surface area contributed by atoms with Gasteiger partial charge < -0.3 is 9.47 Å². The summed E-state index contributed by atoms with van der Waals surface area (Å²) in [4.78, 5) is 10.7. The predicted octanol–water partition coefficient (Wildman–Crippen LogP) is 1.32. The van der Waals surface area contributed by atoms with Gasteiger partial charge in [-0.1, -0.05) is 6.92 Å². The second-order valence-electron chi connectivity index (χ2n) is 2.04. The first-order valence-electron chi connectivity index (χ1n) is 3.43. The summed E-state index contributed by atoms with van der Waals surface area (Å²) in [5, 5.41) is 0. The third-order valence-corrected chi connectivity index (χ3v) is 1.08. The van der Waals surface area contributed by atoms with Crippen molar-refractivity contribution in [2.45, 2.75) is 33.0 Å². The van der Waals surface area contributed by atoms with Crippen LogP contribution < -0.4 is 0 Å². The Kier molecular flexibility index (Phi) is 4.94. The molecule has 0 rings (SSSR count). The highest BCUT2D eigenvalue weighted by atomic mass is 16.7. The van der Waals surface area contributed by atoms with Gasteiger partial charge in [-0.15, -0.1) is 0 Å². The van der Waals surface area contributed by atoms with Crippen molar-refractivity contribution in [3.05, 3.63) is 0 Å². The molecule has 0 fully saturated rings. The van der Waals surface area contributed by atoms with Crippen LogP contribution in [-0.4, -0.2) is 19.4 Å². The zero-order valence-corrected chi connectivity index (χ0v) is 6.72. The van der Waals surface area contributed by atoms with Crippen LogP contribution in [0.1, 0.15) is 26.7 Å². The van der Waals surface area contributed by atoms with E-state index in [4.69, 9.17) is 9.47 Å². The number of methoxy groups -OCH3 is 1. The quantitative estimate of drug-likeness (QED) is 0.443. The van der Waals surface area contributed by atoms with E-state index in [9.17, 15) is 4.79 Å². The van der Waals surface area contributed by atoms with Crippen molar-refractivity contribution < 1.29 is 14.3 Å². The number of rotatable bonds is 4. The summed E-state index contributed by atoms with van der Waals surface area (Å²) < 4.78 is 9.50. The Bertz CT molecular complexity index is 101. The molecule has 0 aliphatic heterocycles. The third kappa shape index (κ3) is 4.32. The van der Waals surface area contributed by atoms with Crippen molar-refractivity contribution in [2.24, 2.45) is 0 Å². The van der Waals surface area contributed by atoms with Gasteiger partial charge >= 0.3 is 5.97 Å². The Labute approximate surface area is 61.3 Å². The Morgan fingerprint density at radius 2 is 2.20 bits per heavy atom. The summed E-state index contributed by atoms with van der Waals surface area (Å²) in [7, 11) is 1.50. The van der Waals surface area contributed by atoms with Crippen molar-refractivity contribution in [3.63, 3.8) is 0 Å².